The van der Waals surface area contributed by atoms with Crippen LogP contribution in [-0.2, 0) is 14.8 Å². The van der Waals surface area contributed by atoms with Gasteiger partial charge in [0.15, 0.2) is 0 Å². The highest BCUT2D eigenvalue weighted by atomic mass is 32.2. The molecule has 1 amide bonds. The fourth-order valence-corrected chi connectivity index (χ4v) is 6.28. The van der Waals surface area contributed by atoms with Crippen molar-refractivity contribution in [2.75, 3.05) is 39.4 Å². The molecule has 0 saturated carbocycles. The van der Waals surface area contributed by atoms with Crippen LogP contribution >= 0.6 is 0 Å². The molecule has 0 spiro atoms. The average Bonchev–Trinajstić information content (AvgIpc) is 3.27. The minimum absolute atomic E-state index is 0.0236. The summed E-state index contributed by atoms with van der Waals surface area (Å²) < 4.78 is 34.8. The van der Waals surface area contributed by atoms with E-state index in [0.717, 1.165) is 29.5 Å². The standard InChI is InChI=1S/C24H28N4O4S/c1-18-3-2-4-21(15-18)33(30,31)27-8-5-19(6-9-27)20-7-10-28-23(16-20)22(17-25-28)24(29)26-11-13-32-14-12-26/h2-4,7,10,15-17,19H,5-6,8-9,11-14H2,1H3. The van der Waals surface area contributed by atoms with E-state index in [0.29, 0.717) is 49.9 Å². The molecule has 33 heavy (non-hydrogen) atoms. The van der Waals surface area contributed by atoms with E-state index in [1.807, 2.05) is 36.2 Å². The Bertz CT molecular complexity index is 1270. The van der Waals surface area contributed by atoms with Gasteiger partial charge in [-0.15, -0.1) is 0 Å². The number of carbonyl (C=O) groups is 1. The zero-order valence-corrected chi connectivity index (χ0v) is 19.5. The largest absolute Gasteiger partial charge is 0.378 e. The lowest BCUT2D eigenvalue weighted by molar-refractivity contribution is 0.0304. The highest BCUT2D eigenvalue weighted by molar-refractivity contribution is 7.89. The topological polar surface area (TPSA) is 84.2 Å². The van der Waals surface area contributed by atoms with E-state index in [2.05, 4.69) is 5.10 Å². The van der Waals surface area contributed by atoms with Crippen molar-refractivity contribution in [3.05, 3.63) is 65.5 Å². The van der Waals surface area contributed by atoms with E-state index in [9.17, 15) is 13.2 Å². The first-order valence-electron chi connectivity index (χ1n) is 11.3. The lowest BCUT2D eigenvalue weighted by Crippen LogP contribution is -2.40. The van der Waals surface area contributed by atoms with Crippen LogP contribution in [-0.4, -0.2) is 72.5 Å². The molecular formula is C24H28N4O4S. The number of nitrogens with zero attached hydrogens (tertiary/aromatic N) is 4. The van der Waals surface area contributed by atoms with Gasteiger partial charge in [0.25, 0.3) is 5.91 Å². The molecule has 0 radical (unpaired) electrons. The number of morpholine rings is 1. The predicted molar refractivity (Wildman–Crippen MR) is 124 cm³/mol. The highest BCUT2D eigenvalue weighted by Gasteiger charge is 2.30. The molecule has 2 fully saturated rings. The number of fused-ring (bicyclic) bond motifs is 1. The second-order valence-corrected chi connectivity index (χ2v) is 10.7. The van der Waals surface area contributed by atoms with Gasteiger partial charge in [0.1, 0.15) is 0 Å². The molecular weight excluding hydrogens is 440 g/mol. The van der Waals surface area contributed by atoms with Crippen LogP contribution in [0.1, 0.15) is 40.2 Å². The first kappa shape index (κ1) is 22.1. The van der Waals surface area contributed by atoms with Gasteiger partial charge in [-0.3, -0.25) is 4.79 Å². The number of aromatic nitrogens is 2. The number of hydrogen-bond donors (Lipinski definition) is 0. The van der Waals surface area contributed by atoms with E-state index in [1.54, 1.807) is 33.2 Å². The van der Waals surface area contributed by atoms with Gasteiger partial charge in [-0.25, -0.2) is 12.9 Å². The summed E-state index contributed by atoms with van der Waals surface area (Å²) in [5, 5.41) is 4.36. The second kappa shape index (κ2) is 8.89. The lowest BCUT2D eigenvalue weighted by atomic mass is 9.90. The van der Waals surface area contributed by atoms with Crippen molar-refractivity contribution in [1.29, 1.82) is 0 Å². The molecule has 2 aliphatic heterocycles. The van der Waals surface area contributed by atoms with Crippen molar-refractivity contribution in [2.24, 2.45) is 0 Å². The molecule has 2 aromatic heterocycles. The molecule has 8 nitrogen and oxygen atoms in total. The first-order chi connectivity index (χ1) is 15.9. The molecule has 5 rings (SSSR count). The van der Waals surface area contributed by atoms with Gasteiger partial charge in [0.2, 0.25) is 10.0 Å². The number of rotatable bonds is 4. The maximum absolute atomic E-state index is 13.1. The van der Waals surface area contributed by atoms with Crippen LogP contribution in [0.4, 0.5) is 0 Å². The van der Waals surface area contributed by atoms with Crippen LogP contribution in [0.2, 0.25) is 0 Å². The Labute approximate surface area is 193 Å². The summed E-state index contributed by atoms with van der Waals surface area (Å²) in [6.45, 7) is 5.14. The maximum atomic E-state index is 13.1. The van der Waals surface area contributed by atoms with Crippen molar-refractivity contribution in [3.63, 3.8) is 0 Å². The molecule has 0 atom stereocenters. The molecule has 4 heterocycles. The number of amides is 1. The van der Waals surface area contributed by atoms with Gasteiger partial charge in [-0.2, -0.15) is 9.40 Å². The molecule has 9 heteroatoms. The van der Waals surface area contributed by atoms with Crippen LogP contribution in [0.25, 0.3) is 5.52 Å². The van der Waals surface area contributed by atoms with Crippen molar-refractivity contribution in [3.8, 4) is 0 Å². The number of benzene rings is 1. The fourth-order valence-electron chi connectivity index (χ4n) is 4.71. The highest BCUT2D eigenvalue weighted by Crippen LogP contribution is 2.32. The van der Waals surface area contributed by atoms with Crippen molar-refractivity contribution in [1.82, 2.24) is 18.8 Å². The number of hydrogen-bond acceptors (Lipinski definition) is 5. The van der Waals surface area contributed by atoms with E-state index >= 15 is 0 Å². The quantitative estimate of drug-likeness (QED) is 0.588. The molecule has 2 saturated heterocycles. The van der Waals surface area contributed by atoms with Gasteiger partial charge in [0.05, 0.1) is 35.4 Å². The minimum atomic E-state index is -3.49. The van der Waals surface area contributed by atoms with Crippen LogP contribution in [0.15, 0.2) is 53.7 Å². The van der Waals surface area contributed by atoms with Gasteiger partial charge < -0.3 is 9.64 Å². The number of pyridine rings is 1. The number of sulfonamides is 1. The van der Waals surface area contributed by atoms with Gasteiger partial charge >= 0.3 is 0 Å². The van der Waals surface area contributed by atoms with Crippen LogP contribution < -0.4 is 0 Å². The Balaban J connectivity index is 1.33. The normalized spacial score (nSPS) is 18.6. The Morgan fingerprint density at radius 1 is 1.06 bits per heavy atom. The summed E-state index contributed by atoms with van der Waals surface area (Å²) in [6, 6.07) is 11.1. The molecule has 1 aromatic carbocycles. The molecule has 174 valence electrons. The van der Waals surface area contributed by atoms with E-state index in [1.165, 1.54) is 0 Å². The summed E-state index contributed by atoms with van der Waals surface area (Å²) >= 11 is 0. The summed E-state index contributed by atoms with van der Waals surface area (Å²) in [5.74, 6) is 0.213. The van der Waals surface area contributed by atoms with Crippen LogP contribution in [0, 0.1) is 6.92 Å². The zero-order chi connectivity index (χ0) is 23.0. The van der Waals surface area contributed by atoms with Crippen molar-refractivity contribution in [2.45, 2.75) is 30.6 Å². The Morgan fingerprint density at radius 2 is 1.82 bits per heavy atom. The minimum Gasteiger partial charge on any atom is -0.378 e. The smallest absolute Gasteiger partial charge is 0.257 e. The summed E-state index contributed by atoms with van der Waals surface area (Å²) in [4.78, 5) is 15.2. The molecule has 2 aliphatic rings. The average molecular weight is 469 g/mol. The monoisotopic (exact) mass is 468 g/mol. The van der Waals surface area contributed by atoms with Crippen LogP contribution in [0.3, 0.4) is 0 Å². The third-order valence-electron chi connectivity index (χ3n) is 6.63. The molecule has 0 bridgehead atoms. The van der Waals surface area contributed by atoms with Crippen molar-refractivity contribution < 1.29 is 17.9 Å². The van der Waals surface area contributed by atoms with E-state index in [4.69, 9.17) is 4.74 Å². The van der Waals surface area contributed by atoms with Crippen molar-refractivity contribution >= 4 is 21.4 Å². The number of ether oxygens (including phenoxy) is 1. The first-order valence-corrected chi connectivity index (χ1v) is 12.8. The molecule has 0 aliphatic carbocycles. The third-order valence-corrected chi connectivity index (χ3v) is 8.52. The SMILES string of the molecule is Cc1cccc(S(=O)(=O)N2CCC(c3ccn4ncc(C(=O)N5CCOCC5)c4c3)CC2)c1. The number of carbonyl (C=O) groups excluding carboxylic acids is 1. The van der Waals surface area contributed by atoms with E-state index in [-0.39, 0.29) is 11.8 Å². The molecule has 3 aromatic rings. The second-order valence-electron chi connectivity index (χ2n) is 8.75. The summed E-state index contributed by atoms with van der Waals surface area (Å²) in [5.41, 5.74) is 3.44. The Morgan fingerprint density at radius 3 is 2.55 bits per heavy atom. The summed E-state index contributed by atoms with van der Waals surface area (Å²) in [6.07, 6.45) is 4.99. The maximum Gasteiger partial charge on any atom is 0.257 e. The zero-order valence-electron chi connectivity index (χ0n) is 18.7. The fraction of sp³-hybridized carbons (Fsp3) is 0.417. The number of piperidine rings is 1. The molecule has 0 N–H and O–H groups in total. The van der Waals surface area contributed by atoms with Crippen LogP contribution in [0.5, 0.6) is 0 Å². The Hall–Kier alpha value is -2.75. The summed E-state index contributed by atoms with van der Waals surface area (Å²) in [7, 11) is -3.49. The number of aryl methyl sites for hydroxylation is 1. The van der Waals surface area contributed by atoms with Gasteiger partial charge in [-0.1, -0.05) is 12.1 Å². The van der Waals surface area contributed by atoms with Gasteiger partial charge in [-0.05, 0) is 61.1 Å². The molecule has 0 unspecified atom stereocenters. The lowest BCUT2D eigenvalue weighted by Gasteiger charge is -2.31. The van der Waals surface area contributed by atoms with Gasteiger partial charge in [0, 0.05) is 32.4 Å². The third kappa shape index (κ3) is 4.28. The van der Waals surface area contributed by atoms with E-state index < -0.39 is 10.0 Å². The Kier molecular flexibility index (Phi) is 5.94. The predicted octanol–water partition coefficient (Wildman–Crippen LogP) is 2.68.